The standard InChI is InChI=1S/C15H33NO9Si/c1-4-23-26(24-5-2,25-6-3)9-7-8-15(22,14(16)21)13(20)12(19)11(18)10-17/h11-13,17-20,22H,4-10H2,1-3H3,(H2,16,21)/t11-,12-,13+,15-/m1/s1. The largest absolute Gasteiger partial charge is 0.500 e. The topological polar surface area (TPSA) is 172 Å². The average Bonchev–Trinajstić information content (AvgIpc) is 2.60. The predicted octanol–water partition coefficient (Wildman–Crippen LogP) is -1.89. The molecule has 0 aliphatic rings. The Morgan fingerprint density at radius 1 is 1.08 bits per heavy atom. The summed E-state index contributed by atoms with van der Waals surface area (Å²) in [5.74, 6) is -1.26. The second-order valence-electron chi connectivity index (χ2n) is 5.81. The molecule has 7 N–H and O–H groups in total. The molecule has 156 valence electrons. The minimum Gasteiger partial charge on any atom is -0.394 e. The monoisotopic (exact) mass is 399 g/mol. The number of amides is 1. The number of primary amides is 1. The Morgan fingerprint density at radius 3 is 1.88 bits per heavy atom. The number of hydrogen-bond acceptors (Lipinski definition) is 9. The van der Waals surface area contributed by atoms with E-state index < -0.39 is 45.2 Å². The maximum Gasteiger partial charge on any atom is 0.500 e. The summed E-state index contributed by atoms with van der Waals surface area (Å²) < 4.78 is 17.0. The number of aliphatic hydroxyl groups excluding tert-OH is 4. The molecule has 0 fully saturated rings. The Hall–Kier alpha value is -0.633. The fraction of sp³-hybridized carbons (Fsp3) is 0.933. The molecule has 0 rings (SSSR count). The van der Waals surface area contributed by atoms with Gasteiger partial charge in [0.15, 0.2) is 5.60 Å². The molecule has 0 heterocycles. The molecule has 0 saturated carbocycles. The van der Waals surface area contributed by atoms with Crippen molar-refractivity contribution in [1.29, 1.82) is 0 Å². The SMILES string of the molecule is CCO[Si](CCC[C@](O)(C(N)=O)[C@@H](O)[C@H](O)[C@H](O)CO)(OCC)OCC. The minimum absolute atomic E-state index is 0.144. The van der Waals surface area contributed by atoms with Gasteiger partial charge in [-0.05, 0) is 33.6 Å². The zero-order valence-corrected chi connectivity index (χ0v) is 16.6. The molecule has 0 aromatic carbocycles. The van der Waals surface area contributed by atoms with Crippen LogP contribution in [0.3, 0.4) is 0 Å². The van der Waals surface area contributed by atoms with Crippen LogP contribution in [0.4, 0.5) is 0 Å². The van der Waals surface area contributed by atoms with Crippen LogP contribution in [0.5, 0.6) is 0 Å². The van der Waals surface area contributed by atoms with E-state index in [2.05, 4.69) is 0 Å². The molecule has 0 aromatic rings. The molecule has 4 atom stereocenters. The maximum atomic E-state index is 11.7. The normalized spacial score (nSPS) is 18.2. The molecule has 0 radical (unpaired) electrons. The molecule has 0 aromatic heterocycles. The van der Waals surface area contributed by atoms with Gasteiger partial charge in [0.25, 0.3) is 5.91 Å². The molecular weight excluding hydrogens is 366 g/mol. The Bertz CT molecular complexity index is 398. The van der Waals surface area contributed by atoms with E-state index in [1.165, 1.54) is 0 Å². The van der Waals surface area contributed by atoms with Crippen molar-refractivity contribution in [2.45, 2.75) is 63.6 Å². The lowest BCUT2D eigenvalue weighted by molar-refractivity contribution is -0.175. The van der Waals surface area contributed by atoms with E-state index in [1.807, 2.05) is 0 Å². The van der Waals surface area contributed by atoms with Crippen molar-refractivity contribution in [3.8, 4) is 0 Å². The summed E-state index contributed by atoms with van der Waals surface area (Å²) in [6, 6.07) is 0.253. The fourth-order valence-electron chi connectivity index (χ4n) is 2.59. The van der Waals surface area contributed by atoms with Crippen LogP contribution in [0.15, 0.2) is 0 Å². The summed E-state index contributed by atoms with van der Waals surface area (Å²) in [7, 11) is -3.02. The first-order valence-corrected chi connectivity index (χ1v) is 10.7. The van der Waals surface area contributed by atoms with Crippen molar-refractivity contribution in [3.05, 3.63) is 0 Å². The Kier molecular flexibility index (Phi) is 11.7. The molecule has 0 unspecified atom stereocenters. The number of carbonyl (C=O) groups is 1. The first-order chi connectivity index (χ1) is 12.1. The molecule has 0 saturated heterocycles. The van der Waals surface area contributed by atoms with Gasteiger partial charge in [-0.25, -0.2) is 0 Å². The van der Waals surface area contributed by atoms with Gasteiger partial charge in [0.05, 0.1) is 6.61 Å². The van der Waals surface area contributed by atoms with Crippen LogP contribution < -0.4 is 5.73 Å². The van der Waals surface area contributed by atoms with Gasteiger partial charge in [-0.1, -0.05) is 0 Å². The summed E-state index contributed by atoms with van der Waals surface area (Å²) in [6.07, 6.45) is -5.94. The third kappa shape index (κ3) is 6.83. The smallest absolute Gasteiger partial charge is 0.394 e. The van der Waals surface area contributed by atoms with E-state index in [1.54, 1.807) is 20.8 Å². The first kappa shape index (κ1) is 25.4. The van der Waals surface area contributed by atoms with Gasteiger partial charge in [-0.2, -0.15) is 0 Å². The van der Waals surface area contributed by atoms with Crippen molar-refractivity contribution >= 4 is 14.7 Å². The lowest BCUT2D eigenvalue weighted by atomic mass is 9.86. The van der Waals surface area contributed by atoms with Crippen LogP contribution in [0.2, 0.25) is 6.04 Å². The van der Waals surface area contributed by atoms with Gasteiger partial charge in [-0.3, -0.25) is 4.79 Å². The summed E-state index contributed by atoms with van der Waals surface area (Å²) in [4.78, 5) is 11.7. The lowest BCUT2D eigenvalue weighted by Gasteiger charge is -2.35. The van der Waals surface area contributed by atoms with E-state index in [0.717, 1.165) is 0 Å². The van der Waals surface area contributed by atoms with E-state index in [-0.39, 0.29) is 18.9 Å². The zero-order chi connectivity index (χ0) is 20.4. The van der Waals surface area contributed by atoms with E-state index in [0.29, 0.717) is 19.8 Å². The van der Waals surface area contributed by atoms with E-state index in [4.69, 9.17) is 24.1 Å². The van der Waals surface area contributed by atoms with Crippen LogP contribution in [0.25, 0.3) is 0 Å². The Morgan fingerprint density at radius 2 is 1.54 bits per heavy atom. The third-order valence-corrected chi connectivity index (χ3v) is 7.11. The zero-order valence-electron chi connectivity index (χ0n) is 15.6. The predicted molar refractivity (Wildman–Crippen MR) is 93.9 cm³/mol. The van der Waals surface area contributed by atoms with Gasteiger partial charge >= 0.3 is 8.80 Å². The highest BCUT2D eigenvalue weighted by Gasteiger charge is 2.48. The molecule has 0 aliphatic carbocycles. The van der Waals surface area contributed by atoms with E-state index in [9.17, 15) is 25.2 Å². The summed E-state index contributed by atoms with van der Waals surface area (Å²) in [5, 5.41) is 48.6. The average molecular weight is 400 g/mol. The van der Waals surface area contributed by atoms with Crippen LogP contribution in [0, 0.1) is 0 Å². The molecule has 0 aliphatic heterocycles. The van der Waals surface area contributed by atoms with Gasteiger partial charge in [0.1, 0.15) is 18.3 Å². The van der Waals surface area contributed by atoms with Gasteiger partial charge in [0.2, 0.25) is 0 Å². The van der Waals surface area contributed by atoms with Gasteiger partial charge in [0, 0.05) is 25.9 Å². The summed E-state index contributed by atoms with van der Waals surface area (Å²) in [6.45, 7) is 5.58. The van der Waals surface area contributed by atoms with Crippen LogP contribution >= 0.6 is 0 Å². The van der Waals surface area contributed by atoms with Crippen molar-refractivity contribution in [2.24, 2.45) is 5.73 Å². The number of carbonyl (C=O) groups excluding carboxylic acids is 1. The highest BCUT2D eigenvalue weighted by molar-refractivity contribution is 6.60. The van der Waals surface area contributed by atoms with Crippen molar-refractivity contribution in [2.75, 3.05) is 26.4 Å². The first-order valence-electron chi connectivity index (χ1n) is 8.73. The van der Waals surface area contributed by atoms with Crippen molar-refractivity contribution in [3.63, 3.8) is 0 Å². The number of rotatable bonds is 15. The van der Waals surface area contributed by atoms with Crippen molar-refractivity contribution < 1.29 is 43.6 Å². The minimum atomic E-state index is -3.02. The Labute approximate surface area is 154 Å². The number of aliphatic hydroxyl groups is 5. The molecule has 0 bridgehead atoms. The van der Waals surface area contributed by atoms with E-state index >= 15 is 0 Å². The van der Waals surface area contributed by atoms with Crippen LogP contribution in [0.1, 0.15) is 33.6 Å². The number of nitrogens with two attached hydrogens (primary N) is 1. The summed E-state index contributed by atoms with van der Waals surface area (Å²) >= 11 is 0. The quantitative estimate of drug-likeness (QED) is 0.172. The van der Waals surface area contributed by atoms with Crippen LogP contribution in [-0.4, -0.2) is 90.6 Å². The highest BCUT2D eigenvalue weighted by atomic mass is 28.4. The molecule has 10 nitrogen and oxygen atoms in total. The molecule has 1 amide bonds. The van der Waals surface area contributed by atoms with Gasteiger partial charge < -0.3 is 44.5 Å². The second-order valence-corrected chi connectivity index (χ2v) is 8.54. The third-order valence-electron chi connectivity index (χ3n) is 3.95. The second kappa shape index (κ2) is 12.0. The van der Waals surface area contributed by atoms with Gasteiger partial charge in [-0.15, -0.1) is 0 Å². The lowest BCUT2D eigenvalue weighted by Crippen LogP contribution is -2.60. The molecule has 11 heteroatoms. The summed E-state index contributed by atoms with van der Waals surface area (Å²) in [5.41, 5.74) is 2.69. The highest BCUT2D eigenvalue weighted by Crippen LogP contribution is 2.26. The van der Waals surface area contributed by atoms with Crippen molar-refractivity contribution in [1.82, 2.24) is 0 Å². The molecular formula is C15H33NO9Si. The maximum absolute atomic E-state index is 11.7. The fourth-order valence-corrected chi connectivity index (χ4v) is 5.21. The number of hydrogen-bond donors (Lipinski definition) is 6. The van der Waals surface area contributed by atoms with Crippen LogP contribution in [-0.2, 0) is 18.1 Å². The molecule has 26 heavy (non-hydrogen) atoms. The Balaban J connectivity index is 5.18. The molecule has 0 spiro atoms.